The molecule has 3 amide bonds. The Morgan fingerprint density at radius 1 is 0.769 bits per heavy atom. The first-order valence-electron chi connectivity index (χ1n) is 10.8. The molecular weight excluding hydrogens is 854 g/mol. The molecule has 0 unspecified atom stereocenters. The highest BCUT2D eigenvalue weighted by atomic mass is 79.9. The van der Waals surface area contributed by atoms with Gasteiger partial charge in [-0.1, -0.05) is 34.8 Å². The number of hydrogen-bond acceptors (Lipinski definition) is 4. The summed E-state index contributed by atoms with van der Waals surface area (Å²) in [6.07, 6.45) is -0.0841. The highest BCUT2D eigenvalue weighted by Crippen LogP contribution is 2.46. The van der Waals surface area contributed by atoms with Gasteiger partial charge < -0.3 is 0 Å². The van der Waals surface area contributed by atoms with Gasteiger partial charge in [0.25, 0.3) is 17.7 Å². The van der Waals surface area contributed by atoms with Gasteiger partial charge in [0.1, 0.15) is 6.04 Å². The molecule has 0 bridgehead atoms. The van der Waals surface area contributed by atoms with Crippen molar-refractivity contribution in [2.45, 2.75) is 12.5 Å². The minimum atomic E-state index is -1.35. The van der Waals surface area contributed by atoms with Gasteiger partial charge in [-0.2, -0.15) is 5.01 Å². The fraction of sp³-hybridized carbons (Fsp3) is 0.120. The van der Waals surface area contributed by atoms with Gasteiger partial charge in [-0.3, -0.25) is 19.2 Å². The van der Waals surface area contributed by atoms with E-state index in [4.69, 9.17) is 46.4 Å². The fourth-order valence-corrected chi connectivity index (χ4v) is 7.03. The number of halogens is 8. The first-order valence-corrected chi connectivity index (χ1v) is 15.6. The zero-order valence-corrected chi connectivity index (χ0v) is 28.5. The van der Waals surface area contributed by atoms with Crippen LogP contribution in [-0.4, -0.2) is 45.4 Å². The van der Waals surface area contributed by atoms with Crippen molar-refractivity contribution in [3.63, 3.8) is 0 Å². The molecule has 0 saturated carbocycles. The molecule has 14 heteroatoms. The molecule has 1 atom stereocenters. The lowest BCUT2D eigenvalue weighted by atomic mass is 10.0. The van der Waals surface area contributed by atoms with Crippen molar-refractivity contribution in [1.29, 1.82) is 0 Å². The number of imide groups is 1. The van der Waals surface area contributed by atoms with E-state index in [2.05, 4.69) is 63.7 Å². The van der Waals surface area contributed by atoms with Crippen LogP contribution in [0, 0.1) is 0 Å². The van der Waals surface area contributed by atoms with Crippen LogP contribution in [0.4, 0.5) is 0 Å². The summed E-state index contributed by atoms with van der Waals surface area (Å²) in [6.45, 7) is 0. The zero-order chi connectivity index (χ0) is 28.8. The maximum absolute atomic E-state index is 14.1. The predicted octanol–water partition coefficient (Wildman–Crippen LogP) is 9.23. The van der Waals surface area contributed by atoms with Crippen molar-refractivity contribution in [2.24, 2.45) is 0 Å². The number of fused-ring (bicyclic) bond motifs is 1. The Kier molecular flexibility index (Phi) is 9.91. The average molecular weight is 866 g/mol. The number of nitrogens with zero attached hydrogens (tertiary/aromatic N) is 2. The summed E-state index contributed by atoms with van der Waals surface area (Å²) in [7, 11) is 0. The summed E-state index contributed by atoms with van der Waals surface area (Å²) < 4.78 is 1.50. The second kappa shape index (κ2) is 12.5. The Morgan fingerprint density at radius 2 is 1.28 bits per heavy atom. The number of hydrazine groups is 1. The lowest BCUT2D eigenvalue weighted by Crippen LogP contribution is -2.57. The van der Waals surface area contributed by atoms with E-state index in [-0.39, 0.29) is 53.5 Å². The van der Waals surface area contributed by atoms with Crippen molar-refractivity contribution in [1.82, 2.24) is 10.0 Å². The van der Waals surface area contributed by atoms with Gasteiger partial charge in [0, 0.05) is 39.9 Å². The first-order chi connectivity index (χ1) is 18.4. The van der Waals surface area contributed by atoms with Crippen LogP contribution in [0.5, 0.6) is 0 Å². The van der Waals surface area contributed by atoms with Gasteiger partial charge in [0.05, 0.1) is 21.2 Å². The van der Waals surface area contributed by atoms with Crippen LogP contribution in [0.15, 0.2) is 60.4 Å². The summed E-state index contributed by atoms with van der Waals surface area (Å²) in [4.78, 5) is 55.6. The third-order valence-corrected chi connectivity index (χ3v) is 11.8. The van der Waals surface area contributed by atoms with Crippen molar-refractivity contribution in [2.75, 3.05) is 5.88 Å². The van der Waals surface area contributed by atoms with E-state index in [0.717, 1.165) is 5.01 Å². The van der Waals surface area contributed by atoms with Crippen LogP contribution in [0.2, 0.25) is 15.1 Å². The Hall–Kier alpha value is -0.980. The van der Waals surface area contributed by atoms with E-state index < -0.39 is 29.5 Å². The van der Waals surface area contributed by atoms with Gasteiger partial charge in [-0.15, -0.1) is 11.6 Å². The molecule has 0 saturated heterocycles. The molecule has 0 aromatic heterocycles. The number of benzene rings is 3. The van der Waals surface area contributed by atoms with E-state index in [1.165, 1.54) is 42.5 Å². The lowest BCUT2D eigenvalue weighted by molar-refractivity contribution is -0.00965. The predicted molar refractivity (Wildman–Crippen MR) is 165 cm³/mol. The molecule has 39 heavy (non-hydrogen) atoms. The molecule has 4 rings (SSSR count). The van der Waals surface area contributed by atoms with Crippen molar-refractivity contribution in [3.8, 4) is 0 Å². The van der Waals surface area contributed by atoms with E-state index >= 15 is 0 Å². The largest absolute Gasteiger partial charge is 0.292 e. The molecule has 6 nitrogen and oxygen atoms in total. The molecule has 0 N–H and O–H groups in total. The second-order valence-corrected chi connectivity index (χ2v) is 12.9. The average Bonchev–Trinajstić information content (AvgIpc) is 3.17. The minimum absolute atomic E-state index is 0.00236. The minimum Gasteiger partial charge on any atom is -0.292 e. The van der Waals surface area contributed by atoms with Crippen LogP contribution < -0.4 is 0 Å². The molecule has 0 spiro atoms. The fourth-order valence-electron chi connectivity index (χ4n) is 3.94. The molecule has 0 aliphatic carbocycles. The van der Waals surface area contributed by atoms with Crippen LogP contribution >= 0.6 is 110 Å². The normalized spacial score (nSPS) is 13.5. The summed E-state index contributed by atoms with van der Waals surface area (Å²) >= 11 is 37.8. The van der Waals surface area contributed by atoms with E-state index in [0.29, 0.717) is 19.0 Å². The Morgan fingerprint density at radius 3 is 1.77 bits per heavy atom. The zero-order valence-electron chi connectivity index (χ0n) is 19.1. The molecule has 1 aliphatic heterocycles. The standard InChI is InChI=1S/C25H12Br4Cl4N2O4/c26-18-16-17(19(27)21(29)20(18)28)25(39)35(24(16)38)34(23(37)11-3-6-13(32)14(33)9-11)15(7-8-30)22(36)10-1-4-12(31)5-2-10/h1-6,9,15H,7-8H2/t15-/m0/s1. The third-order valence-electron chi connectivity index (χ3n) is 5.78. The van der Waals surface area contributed by atoms with Crippen LogP contribution in [0.3, 0.4) is 0 Å². The maximum atomic E-state index is 14.1. The highest BCUT2D eigenvalue weighted by Gasteiger charge is 2.48. The lowest BCUT2D eigenvalue weighted by Gasteiger charge is -2.36. The molecule has 3 aromatic carbocycles. The summed E-state index contributed by atoms with van der Waals surface area (Å²) in [5, 5.41) is 2.16. The molecular formula is C25H12Br4Cl4N2O4. The highest BCUT2D eigenvalue weighted by molar-refractivity contribution is 9.15. The van der Waals surface area contributed by atoms with Gasteiger partial charge in [-0.25, -0.2) is 5.01 Å². The van der Waals surface area contributed by atoms with Gasteiger partial charge in [0.2, 0.25) is 0 Å². The quantitative estimate of drug-likeness (QED) is 0.0781. The third kappa shape index (κ3) is 5.73. The Labute approximate surface area is 276 Å². The number of alkyl halides is 1. The Balaban J connectivity index is 1.93. The number of amides is 3. The molecule has 1 heterocycles. The number of carbonyl (C=O) groups is 4. The monoisotopic (exact) mass is 860 g/mol. The first kappa shape index (κ1) is 31.0. The Bertz CT molecular complexity index is 1510. The van der Waals surface area contributed by atoms with Crippen LogP contribution in [0.25, 0.3) is 0 Å². The molecule has 0 radical (unpaired) electrons. The molecule has 1 aliphatic rings. The topological polar surface area (TPSA) is 74.8 Å². The number of Topliss-reactive ketones (excluding diaryl/α,β-unsaturated/α-hetero) is 1. The number of ketones is 1. The summed E-state index contributed by atoms with van der Waals surface area (Å²) in [5.41, 5.74) is 0.186. The molecule has 0 fully saturated rings. The SMILES string of the molecule is O=C(c1ccc(Cl)cc1)[C@H](CCCl)N(C(=O)c1ccc(Cl)c(Cl)c1)N1C(=O)c2c(Br)c(Br)c(Br)c(Br)c2C1=O. The molecule has 3 aromatic rings. The number of hydrogen-bond donors (Lipinski definition) is 0. The smallest absolute Gasteiger partial charge is 0.282 e. The van der Waals surface area contributed by atoms with E-state index in [1.807, 2.05) is 0 Å². The van der Waals surface area contributed by atoms with Crippen LogP contribution in [0.1, 0.15) is 47.9 Å². The van der Waals surface area contributed by atoms with E-state index in [1.54, 1.807) is 0 Å². The van der Waals surface area contributed by atoms with Crippen molar-refractivity contribution < 1.29 is 19.2 Å². The van der Waals surface area contributed by atoms with Crippen LogP contribution in [-0.2, 0) is 0 Å². The maximum Gasteiger partial charge on any atom is 0.282 e. The van der Waals surface area contributed by atoms with Crippen molar-refractivity contribution >= 4 is 134 Å². The second-order valence-electron chi connectivity index (χ2n) is 8.07. The number of carbonyl (C=O) groups excluding carboxylic acids is 4. The summed E-state index contributed by atoms with van der Waals surface area (Å²) in [6, 6.07) is 8.72. The molecule has 202 valence electrons. The van der Waals surface area contributed by atoms with E-state index in [9.17, 15) is 19.2 Å². The number of rotatable bonds is 7. The van der Waals surface area contributed by atoms with Gasteiger partial charge >= 0.3 is 0 Å². The van der Waals surface area contributed by atoms with Gasteiger partial charge in [0.15, 0.2) is 5.78 Å². The van der Waals surface area contributed by atoms with Crippen molar-refractivity contribution in [3.05, 3.63) is 97.7 Å². The summed E-state index contributed by atoms with van der Waals surface area (Å²) in [5.74, 6) is -3.12. The van der Waals surface area contributed by atoms with Gasteiger partial charge in [-0.05, 0) is 113 Å².